The maximum Gasteiger partial charge on any atom is 0.357 e. The smallest absolute Gasteiger partial charge is 0.357 e. The summed E-state index contributed by atoms with van der Waals surface area (Å²) in [4.78, 5) is 23.4. The first kappa shape index (κ1) is 18.1. The molecule has 1 aromatic heterocycles. The molecule has 1 heterocycles. The second kappa shape index (κ2) is 7.67. The van der Waals surface area contributed by atoms with Crippen LogP contribution in [0.15, 0.2) is 46.9 Å². The van der Waals surface area contributed by atoms with E-state index in [-0.39, 0.29) is 18.1 Å². The van der Waals surface area contributed by atoms with Crippen LogP contribution >= 0.6 is 15.9 Å². The van der Waals surface area contributed by atoms with Crippen molar-refractivity contribution in [2.75, 3.05) is 6.54 Å². The monoisotopic (exact) mass is 417 g/mol. The molecule has 0 aliphatic carbocycles. The Morgan fingerprint density at radius 2 is 1.92 bits per heavy atom. The number of rotatable bonds is 6. The van der Waals surface area contributed by atoms with Crippen LogP contribution in [0, 0.1) is 0 Å². The van der Waals surface area contributed by atoms with Crippen molar-refractivity contribution >= 4 is 38.7 Å². The van der Waals surface area contributed by atoms with Gasteiger partial charge in [0, 0.05) is 22.0 Å². The maximum atomic E-state index is 12.3. The summed E-state index contributed by atoms with van der Waals surface area (Å²) in [6.45, 7) is 0.283. The fourth-order valence-corrected chi connectivity index (χ4v) is 2.86. The summed E-state index contributed by atoms with van der Waals surface area (Å²) in [7, 11) is 0. The number of fused-ring (bicyclic) bond motifs is 1. The normalized spacial score (nSPS) is 12.1. The first-order chi connectivity index (χ1) is 12.5. The van der Waals surface area contributed by atoms with Crippen LogP contribution in [0.4, 0.5) is 0 Å². The summed E-state index contributed by atoms with van der Waals surface area (Å²) >= 11 is 3.34. The van der Waals surface area contributed by atoms with E-state index in [2.05, 4.69) is 31.4 Å². The number of aromatic nitrogens is 2. The van der Waals surface area contributed by atoms with E-state index in [9.17, 15) is 14.7 Å². The molecule has 0 saturated carbocycles. The van der Waals surface area contributed by atoms with Crippen molar-refractivity contribution in [3.63, 3.8) is 0 Å². The standard InChI is InChI=1S/C18H16BrN3O4/c19-12-4-1-10(2-5-12)15(23)7-8-20-17(24)11-3-6-14-13(9-11)16(18(25)26)22-21-14/h1-6,9,15,23H,7-8H2,(H,20,24)(H,21,22)(H,25,26). The van der Waals surface area contributed by atoms with Crippen LogP contribution in [0.5, 0.6) is 0 Å². The van der Waals surface area contributed by atoms with Crippen molar-refractivity contribution in [2.24, 2.45) is 0 Å². The van der Waals surface area contributed by atoms with Gasteiger partial charge in [-0.25, -0.2) is 4.79 Å². The Labute approximate surface area is 157 Å². The lowest BCUT2D eigenvalue weighted by molar-refractivity contribution is 0.0692. The number of carboxylic acid groups (broad SMARTS) is 1. The summed E-state index contributed by atoms with van der Waals surface area (Å²) in [6.07, 6.45) is -0.319. The van der Waals surface area contributed by atoms with Crippen molar-refractivity contribution in [3.05, 3.63) is 63.8 Å². The van der Waals surface area contributed by atoms with E-state index in [1.807, 2.05) is 24.3 Å². The molecule has 2 aromatic carbocycles. The van der Waals surface area contributed by atoms with Crippen LogP contribution in [0.1, 0.15) is 38.9 Å². The molecule has 0 saturated heterocycles. The van der Waals surface area contributed by atoms with Gasteiger partial charge in [-0.15, -0.1) is 0 Å². The highest BCUT2D eigenvalue weighted by Crippen LogP contribution is 2.20. The second-order valence-corrected chi connectivity index (χ2v) is 6.67. The van der Waals surface area contributed by atoms with Crippen molar-refractivity contribution < 1.29 is 19.8 Å². The van der Waals surface area contributed by atoms with Crippen LogP contribution in [-0.2, 0) is 0 Å². The van der Waals surface area contributed by atoms with Crippen LogP contribution in [0.3, 0.4) is 0 Å². The van der Waals surface area contributed by atoms with Crippen molar-refractivity contribution in [2.45, 2.75) is 12.5 Å². The lowest BCUT2D eigenvalue weighted by Gasteiger charge is -2.12. The Balaban J connectivity index is 1.63. The quantitative estimate of drug-likeness (QED) is 0.492. The lowest BCUT2D eigenvalue weighted by Crippen LogP contribution is -2.25. The number of nitrogens with one attached hydrogen (secondary N) is 2. The van der Waals surface area contributed by atoms with E-state index in [0.29, 0.717) is 22.9 Å². The van der Waals surface area contributed by atoms with E-state index >= 15 is 0 Å². The van der Waals surface area contributed by atoms with Gasteiger partial charge in [0.2, 0.25) is 0 Å². The number of nitrogens with zero attached hydrogens (tertiary/aromatic N) is 1. The fourth-order valence-electron chi connectivity index (χ4n) is 2.59. The molecule has 3 rings (SSSR count). The van der Waals surface area contributed by atoms with Crippen molar-refractivity contribution in [3.8, 4) is 0 Å². The third-order valence-corrected chi connectivity index (χ3v) is 4.51. The second-order valence-electron chi connectivity index (χ2n) is 5.75. The number of hydrogen-bond donors (Lipinski definition) is 4. The van der Waals surface area contributed by atoms with Crippen molar-refractivity contribution in [1.82, 2.24) is 15.5 Å². The first-order valence-electron chi connectivity index (χ1n) is 7.89. The Hall–Kier alpha value is -2.71. The Morgan fingerprint density at radius 1 is 1.19 bits per heavy atom. The molecule has 0 bridgehead atoms. The molecule has 1 unspecified atom stereocenters. The average molecular weight is 418 g/mol. The van der Waals surface area contributed by atoms with Crippen LogP contribution in [0.2, 0.25) is 0 Å². The number of aliphatic hydroxyl groups is 1. The number of aliphatic hydroxyl groups excluding tert-OH is 1. The zero-order chi connectivity index (χ0) is 18.7. The highest BCUT2D eigenvalue weighted by molar-refractivity contribution is 9.10. The van der Waals surface area contributed by atoms with Gasteiger partial charge in [-0.2, -0.15) is 5.10 Å². The van der Waals surface area contributed by atoms with E-state index in [4.69, 9.17) is 5.11 Å². The third-order valence-electron chi connectivity index (χ3n) is 3.99. The number of H-pyrrole nitrogens is 1. The SMILES string of the molecule is O=C(NCCC(O)c1ccc(Br)cc1)c1ccc2[nH]nc(C(=O)O)c2c1. The molecule has 7 nitrogen and oxygen atoms in total. The maximum absolute atomic E-state index is 12.3. The number of halogens is 1. The molecule has 8 heteroatoms. The highest BCUT2D eigenvalue weighted by Gasteiger charge is 2.15. The highest BCUT2D eigenvalue weighted by atomic mass is 79.9. The van der Waals surface area contributed by atoms with Gasteiger partial charge in [0.05, 0.1) is 11.6 Å². The molecule has 4 N–H and O–H groups in total. The Kier molecular flexibility index (Phi) is 5.34. The van der Waals surface area contributed by atoms with E-state index < -0.39 is 12.1 Å². The average Bonchev–Trinajstić information content (AvgIpc) is 3.05. The summed E-state index contributed by atoms with van der Waals surface area (Å²) in [5.41, 5.74) is 1.53. The largest absolute Gasteiger partial charge is 0.476 e. The molecule has 0 spiro atoms. The van der Waals surface area contributed by atoms with Gasteiger partial charge >= 0.3 is 5.97 Å². The molecule has 1 atom stereocenters. The third kappa shape index (κ3) is 3.92. The number of carbonyl (C=O) groups is 2. The predicted octanol–water partition coefficient (Wildman–Crippen LogP) is 2.88. The molecule has 134 valence electrons. The van der Waals surface area contributed by atoms with Gasteiger partial charge in [0.1, 0.15) is 0 Å². The molecular formula is C18H16BrN3O4. The minimum absolute atomic E-state index is 0.125. The number of aromatic carboxylic acids is 1. The predicted molar refractivity (Wildman–Crippen MR) is 99.1 cm³/mol. The molecule has 0 aliphatic rings. The number of hydrogen-bond acceptors (Lipinski definition) is 4. The minimum Gasteiger partial charge on any atom is -0.476 e. The number of aromatic amines is 1. The van der Waals surface area contributed by atoms with Crippen LogP contribution in [-0.4, -0.2) is 38.8 Å². The van der Waals surface area contributed by atoms with Gasteiger partial charge in [-0.3, -0.25) is 9.89 Å². The molecule has 0 fully saturated rings. The summed E-state index contributed by atoms with van der Waals surface area (Å²) in [5.74, 6) is -1.50. The molecule has 3 aromatic rings. The zero-order valence-electron chi connectivity index (χ0n) is 13.6. The summed E-state index contributed by atoms with van der Waals surface area (Å²) < 4.78 is 0.928. The van der Waals surface area contributed by atoms with E-state index in [1.165, 1.54) is 6.07 Å². The zero-order valence-corrected chi connectivity index (χ0v) is 15.2. The minimum atomic E-state index is -1.16. The Morgan fingerprint density at radius 3 is 2.62 bits per heavy atom. The van der Waals surface area contributed by atoms with Crippen LogP contribution in [0.25, 0.3) is 10.9 Å². The van der Waals surface area contributed by atoms with Gasteiger partial charge in [-0.05, 0) is 42.3 Å². The Bertz CT molecular complexity index is 953. The lowest BCUT2D eigenvalue weighted by atomic mass is 10.1. The molecule has 0 radical (unpaired) electrons. The van der Waals surface area contributed by atoms with Crippen LogP contribution < -0.4 is 5.32 Å². The van der Waals surface area contributed by atoms with Crippen molar-refractivity contribution in [1.29, 1.82) is 0 Å². The summed E-state index contributed by atoms with van der Waals surface area (Å²) in [6, 6.07) is 12.0. The molecule has 0 aliphatic heterocycles. The molecular weight excluding hydrogens is 402 g/mol. The van der Waals surface area contributed by atoms with Gasteiger partial charge in [0.15, 0.2) is 5.69 Å². The van der Waals surface area contributed by atoms with Gasteiger partial charge < -0.3 is 15.5 Å². The number of carbonyl (C=O) groups excluding carboxylic acids is 1. The van der Waals surface area contributed by atoms with E-state index in [1.54, 1.807) is 12.1 Å². The number of amides is 1. The number of carboxylic acids is 1. The topological polar surface area (TPSA) is 115 Å². The molecule has 26 heavy (non-hydrogen) atoms. The fraction of sp³-hybridized carbons (Fsp3) is 0.167. The van der Waals surface area contributed by atoms with Gasteiger partial charge in [0.25, 0.3) is 5.91 Å². The first-order valence-corrected chi connectivity index (χ1v) is 8.68. The number of benzene rings is 2. The molecule has 1 amide bonds. The summed E-state index contributed by atoms with van der Waals surface area (Å²) in [5, 5.41) is 28.7. The van der Waals surface area contributed by atoms with Gasteiger partial charge in [-0.1, -0.05) is 28.1 Å². The van der Waals surface area contributed by atoms with E-state index in [0.717, 1.165) is 10.0 Å².